The van der Waals surface area contributed by atoms with Crippen LogP contribution in [0.3, 0.4) is 0 Å². The van der Waals surface area contributed by atoms with Gasteiger partial charge in [0.1, 0.15) is 15.6 Å². The van der Waals surface area contributed by atoms with E-state index < -0.39 is 9.84 Å². The van der Waals surface area contributed by atoms with Gasteiger partial charge in [-0.15, -0.1) is 0 Å². The minimum absolute atomic E-state index is 0.0632. The molecule has 0 aromatic heterocycles. The summed E-state index contributed by atoms with van der Waals surface area (Å²) in [6, 6.07) is 4.54. The maximum atomic E-state index is 12.0. The summed E-state index contributed by atoms with van der Waals surface area (Å²) in [6.45, 7) is 1.85. The van der Waals surface area contributed by atoms with Crippen molar-refractivity contribution in [2.24, 2.45) is 0 Å². The second kappa shape index (κ2) is 5.39. The number of aromatic hydroxyl groups is 1. The van der Waals surface area contributed by atoms with Crippen LogP contribution < -0.4 is 0 Å². The SMILES string of the molecule is Cc1cc(C(=O)N(C)CCS(C)(=O)=O)ccc1O. The number of carbonyl (C=O) groups excluding carboxylic acids is 1. The molecule has 1 aromatic rings. The Kier molecular flexibility index (Phi) is 4.34. The fourth-order valence-corrected chi connectivity index (χ4v) is 2.02. The highest BCUT2D eigenvalue weighted by Gasteiger charge is 2.14. The predicted molar refractivity (Wildman–Crippen MR) is 69.5 cm³/mol. The van der Waals surface area contributed by atoms with Crippen LogP contribution in [0.5, 0.6) is 5.75 Å². The minimum atomic E-state index is -3.08. The average molecular weight is 271 g/mol. The number of benzene rings is 1. The van der Waals surface area contributed by atoms with Gasteiger partial charge >= 0.3 is 0 Å². The van der Waals surface area contributed by atoms with Gasteiger partial charge in [-0.1, -0.05) is 0 Å². The Balaban J connectivity index is 2.77. The molecule has 1 amide bonds. The zero-order valence-corrected chi connectivity index (χ0v) is 11.5. The molecule has 0 saturated carbocycles. The molecule has 0 atom stereocenters. The van der Waals surface area contributed by atoms with Crippen molar-refractivity contribution in [3.63, 3.8) is 0 Å². The molecule has 0 heterocycles. The first-order valence-corrected chi connectivity index (χ1v) is 7.49. The van der Waals surface area contributed by atoms with Crippen molar-refractivity contribution in [2.45, 2.75) is 6.92 Å². The van der Waals surface area contributed by atoms with Crippen molar-refractivity contribution < 1.29 is 18.3 Å². The molecule has 6 heteroatoms. The number of phenolic OH excluding ortho intramolecular Hbond substituents is 1. The molecule has 0 radical (unpaired) electrons. The first kappa shape index (κ1) is 14.5. The van der Waals surface area contributed by atoms with Gasteiger partial charge in [-0.05, 0) is 30.7 Å². The Bertz CT molecular complexity index is 551. The van der Waals surface area contributed by atoms with E-state index in [0.29, 0.717) is 11.1 Å². The molecule has 1 N–H and O–H groups in total. The van der Waals surface area contributed by atoms with E-state index in [9.17, 15) is 18.3 Å². The van der Waals surface area contributed by atoms with Gasteiger partial charge < -0.3 is 10.0 Å². The third-order valence-corrected chi connectivity index (χ3v) is 3.51. The normalized spacial score (nSPS) is 11.3. The summed E-state index contributed by atoms with van der Waals surface area (Å²) in [5, 5.41) is 9.37. The standard InChI is InChI=1S/C12H17NO4S/c1-9-8-10(4-5-11(9)14)12(15)13(2)6-7-18(3,16)17/h4-5,8,14H,6-7H2,1-3H3. The molecule has 0 aliphatic rings. The average Bonchev–Trinajstić information content (AvgIpc) is 2.27. The number of rotatable bonds is 4. The number of nitrogens with zero attached hydrogens (tertiary/aromatic N) is 1. The first-order valence-electron chi connectivity index (χ1n) is 5.43. The van der Waals surface area contributed by atoms with Gasteiger partial charge in [0.2, 0.25) is 0 Å². The highest BCUT2D eigenvalue weighted by Crippen LogP contribution is 2.17. The summed E-state index contributed by atoms with van der Waals surface area (Å²) in [6.07, 6.45) is 1.13. The summed E-state index contributed by atoms with van der Waals surface area (Å²) < 4.78 is 22.0. The third kappa shape index (κ3) is 4.03. The molecule has 0 fully saturated rings. The lowest BCUT2D eigenvalue weighted by atomic mass is 10.1. The molecule has 5 nitrogen and oxygen atoms in total. The number of aryl methyl sites for hydroxylation is 1. The monoisotopic (exact) mass is 271 g/mol. The van der Waals surface area contributed by atoms with E-state index >= 15 is 0 Å². The van der Waals surface area contributed by atoms with E-state index in [1.54, 1.807) is 20.0 Å². The second-order valence-electron chi connectivity index (χ2n) is 4.36. The highest BCUT2D eigenvalue weighted by atomic mass is 32.2. The molecule has 0 aliphatic heterocycles. The summed E-state index contributed by atoms with van der Waals surface area (Å²) in [5.41, 5.74) is 1.04. The predicted octanol–water partition coefficient (Wildman–Crippen LogP) is 0.817. The van der Waals surface area contributed by atoms with E-state index in [1.807, 2.05) is 0 Å². The lowest BCUT2D eigenvalue weighted by molar-refractivity contribution is 0.0803. The van der Waals surface area contributed by atoms with E-state index in [4.69, 9.17) is 0 Å². The number of phenols is 1. The Labute approximate surface area is 107 Å². The van der Waals surface area contributed by atoms with E-state index in [0.717, 1.165) is 6.26 Å². The second-order valence-corrected chi connectivity index (χ2v) is 6.62. The van der Waals surface area contributed by atoms with Crippen LogP contribution in [0, 0.1) is 6.92 Å². The fraction of sp³-hybridized carbons (Fsp3) is 0.417. The number of sulfone groups is 1. The maximum Gasteiger partial charge on any atom is 0.253 e. The zero-order valence-electron chi connectivity index (χ0n) is 10.7. The molecule has 1 aromatic carbocycles. The van der Waals surface area contributed by atoms with Crippen molar-refractivity contribution in [3.05, 3.63) is 29.3 Å². The summed E-state index contributed by atoms with van der Waals surface area (Å²) >= 11 is 0. The van der Waals surface area contributed by atoms with Crippen molar-refractivity contribution >= 4 is 15.7 Å². The van der Waals surface area contributed by atoms with Crippen LogP contribution in [0.15, 0.2) is 18.2 Å². The van der Waals surface area contributed by atoms with E-state index in [2.05, 4.69) is 0 Å². The van der Waals surface area contributed by atoms with Gasteiger partial charge in [0.05, 0.1) is 5.75 Å². The largest absolute Gasteiger partial charge is 0.508 e. The van der Waals surface area contributed by atoms with Crippen LogP contribution in [0.1, 0.15) is 15.9 Å². The van der Waals surface area contributed by atoms with Gasteiger partial charge in [-0.25, -0.2) is 8.42 Å². The van der Waals surface area contributed by atoms with Crippen molar-refractivity contribution in [3.8, 4) is 5.75 Å². The van der Waals surface area contributed by atoms with Crippen LogP contribution in [0.25, 0.3) is 0 Å². The molecular weight excluding hydrogens is 254 g/mol. The maximum absolute atomic E-state index is 12.0. The summed E-state index contributed by atoms with van der Waals surface area (Å²) in [4.78, 5) is 13.3. The smallest absolute Gasteiger partial charge is 0.253 e. The lowest BCUT2D eigenvalue weighted by Gasteiger charge is -2.17. The van der Waals surface area contributed by atoms with Crippen molar-refractivity contribution in [2.75, 3.05) is 25.6 Å². The topological polar surface area (TPSA) is 74.7 Å². The Hall–Kier alpha value is -1.56. The zero-order chi connectivity index (χ0) is 13.9. The van der Waals surface area contributed by atoms with Crippen LogP contribution in [0.4, 0.5) is 0 Å². The van der Waals surface area contributed by atoms with Gasteiger partial charge in [0.15, 0.2) is 0 Å². The first-order chi connectivity index (χ1) is 8.20. The van der Waals surface area contributed by atoms with Crippen LogP contribution in [-0.2, 0) is 9.84 Å². The van der Waals surface area contributed by atoms with Crippen molar-refractivity contribution in [1.82, 2.24) is 4.90 Å². The minimum Gasteiger partial charge on any atom is -0.508 e. The van der Waals surface area contributed by atoms with Gasteiger partial charge in [0, 0.05) is 25.4 Å². The molecule has 18 heavy (non-hydrogen) atoms. The number of amides is 1. The molecule has 1 rings (SSSR count). The molecule has 0 unspecified atom stereocenters. The third-order valence-electron chi connectivity index (χ3n) is 2.59. The van der Waals surface area contributed by atoms with Crippen molar-refractivity contribution in [1.29, 1.82) is 0 Å². The van der Waals surface area contributed by atoms with Gasteiger partial charge in [0.25, 0.3) is 5.91 Å². The van der Waals surface area contributed by atoms with Crippen LogP contribution in [-0.4, -0.2) is 49.9 Å². The summed E-state index contributed by atoms with van der Waals surface area (Å²) in [5.74, 6) is -0.196. The number of hydrogen-bond donors (Lipinski definition) is 1. The number of hydrogen-bond acceptors (Lipinski definition) is 4. The Morgan fingerprint density at radius 3 is 2.50 bits per heavy atom. The molecule has 0 aliphatic carbocycles. The molecular formula is C12H17NO4S. The lowest BCUT2D eigenvalue weighted by Crippen LogP contribution is -2.31. The summed E-state index contributed by atoms with van der Waals surface area (Å²) in [7, 11) is -1.53. The fourth-order valence-electron chi connectivity index (χ4n) is 1.41. The van der Waals surface area contributed by atoms with Crippen LogP contribution in [0.2, 0.25) is 0 Å². The quantitative estimate of drug-likeness (QED) is 0.879. The van der Waals surface area contributed by atoms with Gasteiger partial charge in [-0.2, -0.15) is 0 Å². The highest BCUT2D eigenvalue weighted by molar-refractivity contribution is 7.90. The van der Waals surface area contributed by atoms with E-state index in [1.165, 1.54) is 17.0 Å². The Morgan fingerprint density at radius 1 is 1.39 bits per heavy atom. The number of carbonyl (C=O) groups is 1. The molecule has 0 bridgehead atoms. The van der Waals surface area contributed by atoms with Crippen LogP contribution >= 0.6 is 0 Å². The molecule has 0 saturated heterocycles. The van der Waals surface area contributed by atoms with Gasteiger partial charge in [-0.3, -0.25) is 4.79 Å². The molecule has 0 spiro atoms. The molecule has 100 valence electrons. The van der Waals surface area contributed by atoms with E-state index in [-0.39, 0.29) is 24.0 Å². The Morgan fingerprint density at radius 2 is 2.00 bits per heavy atom.